The van der Waals surface area contributed by atoms with E-state index in [1.54, 1.807) is 0 Å². The van der Waals surface area contributed by atoms with E-state index in [0.29, 0.717) is 39.3 Å². The Morgan fingerprint density at radius 2 is 0.971 bits per heavy atom. The van der Waals surface area contributed by atoms with Gasteiger partial charge in [0.2, 0.25) is 0 Å². The van der Waals surface area contributed by atoms with Crippen molar-refractivity contribution in [3.8, 4) is 0 Å². The second kappa shape index (κ2) is 39.4. The van der Waals surface area contributed by atoms with E-state index in [9.17, 15) is 19.2 Å². The third-order valence-corrected chi connectivity index (χ3v) is 15.6. The van der Waals surface area contributed by atoms with Crippen LogP contribution in [-0.4, -0.2) is 105 Å². The van der Waals surface area contributed by atoms with Crippen molar-refractivity contribution < 1.29 is 38.1 Å². The molecule has 0 aromatic rings. The number of hydrogen-bond donors (Lipinski definition) is 0. The summed E-state index contributed by atoms with van der Waals surface area (Å²) in [5, 5.41) is 0. The van der Waals surface area contributed by atoms with Crippen LogP contribution in [0.3, 0.4) is 0 Å². The van der Waals surface area contributed by atoms with E-state index in [2.05, 4.69) is 37.5 Å². The maximum Gasteiger partial charge on any atom is 0.320 e. The molecular formula is C60H112N2O8. The Bertz CT molecular complexity index is 1330. The third kappa shape index (κ3) is 29.6. The molecule has 0 N–H and O–H groups in total. The molecule has 0 aliphatic carbocycles. The molecule has 2 heterocycles. The largest absolute Gasteiger partial charge is 0.465 e. The fourth-order valence-electron chi connectivity index (χ4n) is 10.8. The van der Waals surface area contributed by atoms with Crippen LogP contribution in [-0.2, 0) is 38.1 Å². The molecule has 0 bridgehead atoms. The normalized spacial score (nSPS) is 17.0. The second-order valence-corrected chi connectivity index (χ2v) is 23.2. The second-order valence-electron chi connectivity index (χ2n) is 23.2. The zero-order valence-corrected chi connectivity index (χ0v) is 47.2. The van der Waals surface area contributed by atoms with Crippen molar-refractivity contribution in [3.63, 3.8) is 0 Å². The predicted molar refractivity (Wildman–Crippen MR) is 289 cm³/mol. The maximum absolute atomic E-state index is 13.6. The lowest BCUT2D eigenvalue weighted by molar-refractivity contribution is -0.155. The Morgan fingerprint density at radius 3 is 1.44 bits per heavy atom. The van der Waals surface area contributed by atoms with Crippen molar-refractivity contribution in [1.29, 1.82) is 0 Å². The van der Waals surface area contributed by atoms with E-state index >= 15 is 0 Å². The van der Waals surface area contributed by atoms with Gasteiger partial charge in [0.05, 0.1) is 36.6 Å². The predicted octanol–water partition coefficient (Wildman–Crippen LogP) is 14.8. The number of unbranched alkanes of at least 4 members (excludes halogenated alkanes) is 14. The molecule has 70 heavy (non-hydrogen) atoms. The summed E-state index contributed by atoms with van der Waals surface area (Å²) < 4.78 is 23.6. The number of carbonyl (C=O) groups is 4. The number of hydrogen-bond acceptors (Lipinski definition) is 10. The fourth-order valence-corrected chi connectivity index (χ4v) is 10.8. The molecule has 2 aliphatic rings. The van der Waals surface area contributed by atoms with Gasteiger partial charge in [0.25, 0.3) is 0 Å². The maximum atomic E-state index is 13.6. The number of esters is 3. The number of ether oxygens (including phenoxy) is 4. The van der Waals surface area contributed by atoms with Gasteiger partial charge in [0.1, 0.15) is 12.7 Å². The number of nitrogens with zero attached hydrogens (tertiary/aromatic N) is 2. The van der Waals surface area contributed by atoms with Gasteiger partial charge in [-0.2, -0.15) is 0 Å². The molecule has 410 valence electrons. The van der Waals surface area contributed by atoms with E-state index < -0.39 is 10.8 Å². The fraction of sp³-hybridized carbons (Fsp3) is 0.933. The lowest BCUT2D eigenvalue weighted by atomic mass is 9.87. The first kappa shape index (κ1) is 64.1. The zero-order valence-electron chi connectivity index (χ0n) is 47.2. The first-order chi connectivity index (χ1) is 33.8. The third-order valence-electron chi connectivity index (χ3n) is 15.6. The van der Waals surface area contributed by atoms with Crippen LogP contribution in [0, 0.1) is 22.7 Å². The Labute approximate surface area is 431 Å². The highest BCUT2D eigenvalue weighted by Gasteiger charge is 2.38. The monoisotopic (exact) mass is 989 g/mol. The van der Waals surface area contributed by atoms with Crippen LogP contribution in [0.2, 0.25) is 0 Å². The minimum atomic E-state index is -0.503. The smallest absolute Gasteiger partial charge is 0.320 e. The SMILES string of the molecule is CCCCCC(CCCCC)CCCOC(=O)C(C)(C)CCCCCCOCC(=O)C1CC(OC(=O)CN2CCCC2)CN1CCCCCCC(C)(C)C(=O)OCCCC(CCCCC)CCCCC. The van der Waals surface area contributed by atoms with Gasteiger partial charge in [0.15, 0.2) is 5.78 Å². The van der Waals surface area contributed by atoms with Gasteiger partial charge in [-0.25, -0.2) is 0 Å². The molecule has 10 heteroatoms. The van der Waals surface area contributed by atoms with Gasteiger partial charge in [-0.15, -0.1) is 0 Å². The van der Waals surface area contributed by atoms with Crippen LogP contribution in [0.1, 0.15) is 267 Å². The molecule has 0 aromatic heterocycles. The Kier molecular flexibility index (Phi) is 36.1. The van der Waals surface area contributed by atoms with E-state index in [1.807, 2.05) is 27.7 Å². The van der Waals surface area contributed by atoms with Gasteiger partial charge in [0, 0.05) is 19.6 Å². The molecule has 0 saturated carbocycles. The highest BCUT2D eigenvalue weighted by Crippen LogP contribution is 2.30. The van der Waals surface area contributed by atoms with Gasteiger partial charge in [-0.05, 0) is 123 Å². The number of ketones is 1. The molecule has 2 rings (SSSR count). The van der Waals surface area contributed by atoms with Crippen LogP contribution in [0.15, 0.2) is 0 Å². The standard InChI is InChI=1S/C60H112N2O8/c1-9-13-21-33-51(34-22-14-10-2)37-31-45-68-57(65)59(5,6)39-25-17-19-27-43-62-48-53(70-56(64)49-61-41-28-29-42-61)47-54(62)55(63)50-67-44-30-20-18-26-40-60(7,8)58(66)69-46-32-38-52(35-23-15-11-3)36-24-16-12-4/h51-54H,9-50H2,1-8H3. The van der Waals surface area contributed by atoms with E-state index in [0.717, 1.165) is 134 Å². The minimum absolute atomic E-state index is 0.0608. The van der Waals surface area contributed by atoms with E-state index in [4.69, 9.17) is 18.9 Å². The number of likely N-dealkylation sites (tertiary alicyclic amines) is 2. The van der Waals surface area contributed by atoms with Crippen molar-refractivity contribution in [2.24, 2.45) is 22.7 Å². The molecule has 0 spiro atoms. The number of carbonyl (C=O) groups excluding carboxylic acids is 4. The molecule has 0 radical (unpaired) electrons. The van der Waals surface area contributed by atoms with Crippen LogP contribution in [0.4, 0.5) is 0 Å². The summed E-state index contributed by atoms with van der Waals surface area (Å²) in [6, 6.07) is -0.318. The first-order valence-corrected chi connectivity index (χ1v) is 29.9. The highest BCUT2D eigenvalue weighted by atomic mass is 16.5. The lowest BCUT2D eigenvalue weighted by Crippen LogP contribution is -2.38. The first-order valence-electron chi connectivity index (χ1n) is 29.9. The van der Waals surface area contributed by atoms with E-state index in [-0.39, 0.29) is 42.4 Å². The summed E-state index contributed by atoms with van der Waals surface area (Å²) in [6.45, 7) is 22.3. The van der Waals surface area contributed by atoms with Crippen LogP contribution in [0.5, 0.6) is 0 Å². The summed E-state index contributed by atoms with van der Waals surface area (Å²) in [5.41, 5.74) is -0.994. The number of rotatable bonds is 46. The van der Waals surface area contributed by atoms with Crippen molar-refractivity contribution >= 4 is 23.7 Å². The quantitative estimate of drug-likeness (QED) is 0.0332. The summed E-state index contributed by atoms with van der Waals surface area (Å²) in [4.78, 5) is 57.0. The summed E-state index contributed by atoms with van der Waals surface area (Å²) in [5.74, 6) is 1.22. The molecule has 2 saturated heterocycles. The average molecular weight is 990 g/mol. The van der Waals surface area contributed by atoms with Crippen molar-refractivity contribution in [2.75, 3.05) is 59.2 Å². The van der Waals surface area contributed by atoms with Crippen molar-refractivity contribution in [1.82, 2.24) is 9.80 Å². The van der Waals surface area contributed by atoms with Crippen LogP contribution < -0.4 is 0 Å². The van der Waals surface area contributed by atoms with Gasteiger partial charge < -0.3 is 18.9 Å². The highest BCUT2D eigenvalue weighted by molar-refractivity contribution is 5.85. The molecule has 0 aromatic carbocycles. The van der Waals surface area contributed by atoms with Crippen molar-refractivity contribution in [2.45, 2.75) is 279 Å². The van der Waals surface area contributed by atoms with Crippen LogP contribution in [0.25, 0.3) is 0 Å². The summed E-state index contributed by atoms with van der Waals surface area (Å²) in [6.07, 6.45) is 36.7. The number of Topliss-reactive ketones (excluding diaryl/α,β-unsaturated/α-hetero) is 1. The lowest BCUT2D eigenvalue weighted by Gasteiger charge is -2.24. The topological polar surface area (TPSA) is 112 Å². The van der Waals surface area contributed by atoms with Crippen LogP contribution >= 0.6 is 0 Å². The van der Waals surface area contributed by atoms with E-state index in [1.165, 1.54) is 103 Å². The molecule has 10 nitrogen and oxygen atoms in total. The minimum Gasteiger partial charge on any atom is -0.465 e. The molecule has 0 amide bonds. The van der Waals surface area contributed by atoms with Gasteiger partial charge in [-0.1, -0.05) is 169 Å². The Hall–Kier alpha value is -2.04. The van der Waals surface area contributed by atoms with Gasteiger partial charge >= 0.3 is 17.9 Å². The molecular weight excluding hydrogens is 877 g/mol. The summed E-state index contributed by atoms with van der Waals surface area (Å²) >= 11 is 0. The summed E-state index contributed by atoms with van der Waals surface area (Å²) in [7, 11) is 0. The Morgan fingerprint density at radius 1 is 0.529 bits per heavy atom. The van der Waals surface area contributed by atoms with Gasteiger partial charge in [-0.3, -0.25) is 29.0 Å². The molecule has 2 atom stereocenters. The Balaban J connectivity index is 1.72. The molecule has 2 fully saturated rings. The average Bonchev–Trinajstić information content (AvgIpc) is 4.00. The molecule has 2 aliphatic heterocycles. The van der Waals surface area contributed by atoms with Crippen molar-refractivity contribution in [3.05, 3.63) is 0 Å². The molecule has 2 unspecified atom stereocenters. The zero-order chi connectivity index (χ0) is 51.3.